The molecule has 1 N–H and O–H groups in total. The van der Waals surface area contributed by atoms with Gasteiger partial charge in [0.05, 0.1) is 0 Å². The second-order valence-electron chi connectivity index (χ2n) is 7.80. The topological polar surface area (TPSA) is 58.1 Å². The zero-order chi connectivity index (χ0) is 20.3. The molecule has 0 aliphatic heterocycles. The molecule has 0 bridgehead atoms. The Labute approximate surface area is 166 Å². The predicted octanol–water partition coefficient (Wildman–Crippen LogP) is 5.10. The molecule has 2 aromatic carbocycles. The van der Waals surface area contributed by atoms with Crippen LogP contribution in [0.2, 0.25) is 0 Å². The van der Waals surface area contributed by atoms with E-state index in [-0.39, 0.29) is 11.3 Å². The van der Waals surface area contributed by atoms with Gasteiger partial charge in [0, 0.05) is 24.5 Å². The molecule has 3 rings (SSSR count). The molecule has 0 aliphatic carbocycles. The maximum absolute atomic E-state index is 12.9. The number of benzene rings is 2. The molecule has 0 fully saturated rings. The van der Waals surface area contributed by atoms with Crippen LogP contribution < -0.4 is 10.2 Å². The first-order valence-electron chi connectivity index (χ1n) is 9.31. The third kappa shape index (κ3) is 4.36. The van der Waals surface area contributed by atoms with Crippen LogP contribution in [-0.4, -0.2) is 22.9 Å². The summed E-state index contributed by atoms with van der Waals surface area (Å²) in [5.41, 5.74) is 3.13. The standard InChI is InChI=1S/C23H26N4O/c1-16-24-20(15-21(25-16)27(5)17-11-7-6-8-12-17)22(28)26-19-14-10-9-13-18(19)23(2,3)4/h6-15H,1-5H3,(H,26,28). The lowest BCUT2D eigenvalue weighted by Gasteiger charge is -2.23. The number of carbonyl (C=O) groups is 1. The molecular formula is C23H26N4O. The first-order chi connectivity index (χ1) is 13.3. The fourth-order valence-corrected chi connectivity index (χ4v) is 3.06. The molecular weight excluding hydrogens is 348 g/mol. The molecule has 0 aliphatic rings. The Morgan fingerprint density at radius 2 is 1.61 bits per heavy atom. The average molecular weight is 374 g/mol. The van der Waals surface area contributed by atoms with Gasteiger partial charge in [-0.05, 0) is 36.1 Å². The summed E-state index contributed by atoms with van der Waals surface area (Å²) >= 11 is 0. The Hall–Kier alpha value is -3.21. The molecule has 1 heterocycles. The number of hydrogen-bond acceptors (Lipinski definition) is 4. The number of rotatable bonds is 4. The third-order valence-electron chi connectivity index (χ3n) is 4.53. The van der Waals surface area contributed by atoms with E-state index < -0.39 is 0 Å². The number of aryl methyl sites for hydroxylation is 1. The van der Waals surface area contributed by atoms with Gasteiger partial charge < -0.3 is 10.2 Å². The van der Waals surface area contributed by atoms with Crippen LogP contribution in [0.3, 0.4) is 0 Å². The molecule has 0 saturated heterocycles. The van der Waals surface area contributed by atoms with E-state index in [1.807, 2.05) is 66.5 Å². The van der Waals surface area contributed by atoms with E-state index >= 15 is 0 Å². The van der Waals surface area contributed by atoms with E-state index in [0.717, 1.165) is 16.9 Å². The van der Waals surface area contributed by atoms with Crippen molar-refractivity contribution in [3.8, 4) is 0 Å². The fraction of sp³-hybridized carbons (Fsp3) is 0.261. The molecule has 0 atom stereocenters. The van der Waals surface area contributed by atoms with Crippen molar-refractivity contribution >= 4 is 23.1 Å². The first-order valence-corrected chi connectivity index (χ1v) is 9.31. The van der Waals surface area contributed by atoms with Crippen molar-refractivity contribution in [3.05, 3.63) is 77.7 Å². The van der Waals surface area contributed by atoms with E-state index in [9.17, 15) is 4.79 Å². The van der Waals surface area contributed by atoms with E-state index in [0.29, 0.717) is 17.3 Å². The number of nitrogens with zero attached hydrogens (tertiary/aromatic N) is 3. The third-order valence-corrected chi connectivity index (χ3v) is 4.53. The fourth-order valence-electron chi connectivity index (χ4n) is 3.06. The summed E-state index contributed by atoms with van der Waals surface area (Å²) in [6.45, 7) is 8.17. The normalized spacial score (nSPS) is 11.2. The molecule has 0 saturated carbocycles. The summed E-state index contributed by atoms with van der Waals surface area (Å²) in [5, 5.41) is 3.02. The van der Waals surface area contributed by atoms with Gasteiger partial charge in [-0.2, -0.15) is 0 Å². The summed E-state index contributed by atoms with van der Waals surface area (Å²) in [5.74, 6) is 0.979. The van der Waals surface area contributed by atoms with E-state index in [4.69, 9.17) is 0 Å². The number of aromatic nitrogens is 2. The highest BCUT2D eigenvalue weighted by Gasteiger charge is 2.20. The number of hydrogen-bond donors (Lipinski definition) is 1. The molecule has 5 nitrogen and oxygen atoms in total. The van der Waals surface area contributed by atoms with Gasteiger partial charge in [0.2, 0.25) is 0 Å². The Balaban J connectivity index is 1.91. The first kappa shape index (κ1) is 19.5. The van der Waals surface area contributed by atoms with Crippen LogP contribution in [0.25, 0.3) is 0 Å². The van der Waals surface area contributed by atoms with Gasteiger partial charge in [0.1, 0.15) is 17.3 Å². The number of amides is 1. The van der Waals surface area contributed by atoms with E-state index in [2.05, 4.69) is 36.1 Å². The van der Waals surface area contributed by atoms with Gasteiger partial charge in [-0.25, -0.2) is 9.97 Å². The lowest BCUT2D eigenvalue weighted by atomic mass is 9.86. The van der Waals surface area contributed by atoms with Crippen molar-refractivity contribution in [1.29, 1.82) is 0 Å². The maximum Gasteiger partial charge on any atom is 0.274 e. The van der Waals surface area contributed by atoms with Gasteiger partial charge in [-0.3, -0.25) is 4.79 Å². The molecule has 5 heteroatoms. The zero-order valence-electron chi connectivity index (χ0n) is 17.0. The van der Waals surface area contributed by atoms with Crippen molar-refractivity contribution < 1.29 is 4.79 Å². The van der Waals surface area contributed by atoms with Gasteiger partial charge in [-0.15, -0.1) is 0 Å². The number of anilines is 3. The number of nitrogens with one attached hydrogen (secondary N) is 1. The van der Waals surface area contributed by atoms with Crippen molar-refractivity contribution in [2.24, 2.45) is 0 Å². The minimum atomic E-state index is -0.245. The summed E-state index contributed by atoms with van der Waals surface area (Å²) in [7, 11) is 1.92. The smallest absolute Gasteiger partial charge is 0.274 e. The van der Waals surface area contributed by atoms with E-state index in [1.54, 1.807) is 13.0 Å². The average Bonchev–Trinajstić information content (AvgIpc) is 2.67. The molecule has 144 valence electrons. The molecule has 1 aromatic heterocycles. The highest BCUT2D eigenvalue weighted by Crippen LogP contribution is 2.29. The second-order valence-corrected chi connectivity index (χ2v) is 7.80. The monoisotopic (exact) mass is 374 g/mol. The Morgan fingerprint density at radius 3 is 2.29 bits per heavy atom. The van der Waals surface area contributed by atoms with Gasteiger partial charge >= 0.3 is 0 Å². The van der Waals surface area contributed by atoms with Crippen LogP contribution >= 0.6 is 0 Å². The highest BCUT2D eigenvalue weighted by molar-refractivity contribution is 6.03. The number of carbonyl (C=O) groups excluding carboxylic acids is 1. The molecule has 3 aromatic rings. The lowest BCUT2D eigenvalue weighted by molar-refractivity contribution is 0.102. The van der Waals surface area contributed by atoms with Crippen LogP contribution in [-0.2, 0) is 5.41 Å². The number of para-hydroxylation sites is 2. The minimum absolute atomic E-state index is 0.0792. The molecule has 0 spiro atoms. The van der Waals surface area contributed by atoms with Crippen molar-refractivity contribution in [3.63, 3.8) is 0 Å². The Morgan fingerprint density at radius 1 is 0.964 bits per heavy atom. The van der Waals surface area contributed by atoms with Crippen LogP contribution in [0.5, 0.6) is 0 Å². The molecule has 1 amide bonds. The Bertz CT molecular complexity index is 977. The van der Waals surface area contributed by atoms with Gasteiger partial charge in [-0.1, -0.05) is 57.2 Å². The SMILES string of the molecule is Cc1nc(C(=O)Nc2ccccc2C(C)(C)C)cc(N(C)c2ccccc2)n1. The van der Waals surface area contributed by atoms with Crippen molar-refractivity contribution in [1.82, 2.24) is 9.97 Å². The Kier molecular flexibility index (Phi) is 5.45. The molecule has 0 unspecified atom stereocenters. The van der Waals surface area contributed by atoms with Crippen LogP contribution in [0, 0.1) is 6.92 Å². The van der Waals surface area contributed by atoms with Gasteiger partial charge in [0.15, 0.2) is 0 Å². The summed E-state index contributed by atoms with van der Waals surface area (Å²) in [6, 6.07) is 19.5. The van der Waals surface area contributed by atoms with Crippen molar-refractivity contribution in [2.45, 2.75) is 33.1 Å². The van der Waals surface area contributed by atoms with Gasteiger partial charge in [0.25, 0.3) is 5.91 Å². The highest BCUT2D eigenvalue weighted by atomic mass is 16.1. The molecule has 28 heavy (non-hydrogen) atoms. The lowest BCUT2D eigenvalue weighted by Crippen LogP contribution is -2.21. The van der Waals surface area contributed by atoms with Crippen LogP contribution in [0.15, 0.2) is 60.7 Å². The van der Waals surface area contributed by atoms with Crippen molar-refractivity contribution in [2.75, 3.05) is 17.3 Å². The maximum atomic E-state index is 12.9. The summed E-state index contributed by atoms with van der Waals surface area (Å²) < 4.78 is 0. The quantitative estimate of drug-likeness (QED) is 0.690. The second kappa shape index (κ2) is 7.80. The van der Waals surface area contributed by atoms with Crippen LogP contribution in [0.4, 0.5) is 17.2 Å². The molecule has 0 radical (unpaired) electrons. The van der Waals surface area contributed by atoms with Crippen LogP contribution in [0.1, 0.15) is 42.6 Å². The summed E-state index contributed by atoms with van der Waals surface area (Å²) in [4.78, 5) is 23.7. The predicted molar refractivity (Wildman–Crippen MR) is 114 cm³/mol. The summed E-state index contributed by atoms with van der Waals surface area (Å²) in [6.07, 6.45) is 0. The zero-order valence-corrected chi connectivity index (χ0v) is 17.0. The largest absolute Gasteiger partial charge is 0.329 e. The van der Waals surface area contributed by atoms with E-state index in [1.165, 1.54) is 0 Å². The minimum Gasteiger partial charge on any atom is -0.329 e.